The summed E-state index contributed by atoms with van der Waals surface area (Å²) >= 11 is 5.06. The van der Waals surface area contributed by atoms with Crippen LogP contribution < -0.4 is 21.1 Å². The Morgan fingerprint density at radius 3 is 2.62 bits per heavy atom. The average molecular weight is 691 g/mol. The molecule has 2 saturated carbocycles. The highest BCUT2D eigenvalue weighted by atomic mass is 32.2. The molecule has 1 aromatic carbocycles. The van der Waals surface area contributed by atoms with Crippen molar-refractivity contribution in [1.29, 1.82) is 0 Å². The lowest BCUT2D eigenvalue weighted by Gasteiger charge is -2.30. The molecule has 1 unspecified atom stereocenters. The number of hydrogen-bond acceptors (Lipinski definition) is 7. The van der Waals surface area contributed by atoms with Crippen LogP contribution in [0.2, 0.25) is 0 Å². The Balaban J connectivity index is 1.35. The van der Waals surface area contributed by atoms with E-state index in [4.69, 9.17) is 18.0 Å². The van der Waals surface area contributed by atoms with E-state index >= 15 is 0 Å². The van der Waals surface area contributed by atoms with E-state index in [-0.39, 0.29) is 36.6 Å². The monoisotopic (exact) mass is 690 g/mol. The normalized spacial score (nSPS) is 31.0. The SMILES string of the molecule is NC(=S)N[C@H]1CCCCCC=C[C@@H]2C[C@@]2(C(=O)NS(=O)(=O)C2CC2)NC(=O)[C@@H]2C[C@@H](C3c4cccc(F)c4CN3C(=O)O)CN2C1=O. The van der Waals surface area contributed by atoms with Crippen LogP contribution in [0.4, 0.5) is 9.18 Å². The van der Waals surface area contributed by atoms with E-state index in [1.165, 1.54) is 17.0 Å². The zero-order valence-electron chi connectivity index (χ0n) is 25.7. The van der Waals surface area contributed by atoms with Crippen LogP contribution in [0.25, 0.3) is 0 Å². The molecule has 0 bridgehead atoms. The van der Waals surface area contributed by atoms with Gasteiger partial charge in [-0.3, -0.25) is 24.0 Å². The smallest absolute Gasteiger partial charge is 0.408 e. The minimum atomic E-state index is -3.91. The van der Waals surface area contributed by atoms with Gasteiger partial charge in [0.05, 0.1) is 17.8 Å². The van der Waals surface area contributed by atoms with E-state index in [1.807, 2.05) is 12.2 Å². The van der Waals surface area contributed by atoms with Crippen LogP contribution in [0.1, 0.15) is 75.0 Å². The maximum absolute atomic E-state index is 14.8. The lowest BCUT2D eigenvalue weighted by molar-refractivity contribution is -0.141. The van der Waals surface area contributed by atoms with Crippen molar-refractivity contribution in [2.75, 3.05) is 6.54 Å². The molecule has 3 heterocycles. The molecule has 2 aliphatic carbocycles. The highest BCUT2D eigenvalue weighted by Gasteiger charge is 2.62. The van der Waals surface area contributed by atoms with Gasteiger partial charge in [0.25, 0.3) is 5.91 Å². The molecule has 1 aromatic rings. The van der Waals surface area contributed by atoms with Crippen molar-refractivity contribution in [1.82, 2.24) is 25.2 Å². The molecule has 3 aliphatic heterocycles. The fourth-order valence-electron chi connectivity index (χ4n) is 7.38. The number of halogens is 1. The Morgan fingerprint density at radius 1 is 1.15 bits per heavy atom. The van der Waals surface area contributed by atoms with Crippen molar-refractivity contribution >= 4 is 51.2 Å². The molecule has 1 saturated heterocycles. The van der Waals surface area contributed by atoms with Gasteiger partial charge in [0.15, 0.2) is 5.11 Å². The Kier molecular flexibility index (Phi) is 8.93. The molecule has 6 atom stereocenters. The maximum atomic E-state index is 14.8. The van der Waals surface area contributed by atoms with E-state index in [0.717, 1.165) is 17.7 Å². The summed E-state index contributed by atoms with van der Waals surface area (Å²) in [6.07, 6.45) is 6.90. The van der Waals surface area contributed by atoms with E-state index in [9.17, 15) is 37.1 Å². The van der Waals surface area contributed by atoms with Crippen LogP contribution in [-0.4, -0.2) is 81.7 Å². The number of hydrogen-bond donors (Lipinski definition) is 5. The molecule has 13 nitrogen and oxygen atoms in total. The Labute approximate surface area is 277 Å². The minimum absolute atomic E-state index is 0.0142. The lowest BCUT2D eigenvalue weighted by Crippen LogP contribution is -2.58. The molecule has 3 fully saturated rings. The molecule has 0 aromatic heterocycles. The summed E-state index contributed by atoms with van der Waals surface area (Å²) in [5.41, 5.74) is 4.97. The first kappa shape index (κ1) is 33.1. The number of fused-ring (bicyclic) bond motifs is 3. The van der Waals surface area contributed by atoms with Crippen LogP contribution in [0.3, 0.4) is 0 Å². The number of rotatable bonds is 5. The summed E-state index contributed by atoms with van der Waals surface area (Å²) in [7, 11) is -3.91. The van der Waals surface area contributed by atoms with Crippen molar-refractivity contribution in [2.45, 2.75) is 93.2 Å². The van der Waals surface area contributed by atoms with Crippen molar-refractivity contribution < 1.29 is 37.1 Å². The maximum Gasteiger partial charge on any atom is 0.408 e. The number of amides is 4. The zero-order chi connectivity index (χ0) is 33.7. The molecule has 6 rings (SSSR count). The summed E-state index contributed by atoms with van der Waals surface area (Å²) in [4.78, 5) is 56.9. The van der Waals surface area contributed by atoms with Gasteiger partial charge < -0.3 is 26.4 Å². The van der Waals surface area contributed by atoms with Crippen LogP contribution in [0.15, 0.2) is 30.4 Å². The molecule has 254 valence electrons. The van der Waals surface area contributed by atoms with Gasteiger partial charge >= 0.3 is 6.09 Å². The number of benzene rings is 1. The summed E-state index contributed by atoms with van der Waals surface area (Å²) in [6, 6.07) is 1.58. The van der Waals surface area contributed by atoms with E-state index < -0.39 is 80.4 Å². The second-order valence-electron chi connectivity index (χ2n) is 13.2. The van der Waals surface area contributed by atoms with Crippen LogP contribution in [0.5, 0.6) is 0 Å². The summed E-state index contributed by atoms with van der Waals surface area (Å²) < 4.78 is 42.4. The van der Waals surface area contributed by atoms with Gasteiger partial charge in [-0.2, -0.15) is 0 Å². The summed E-state index contributed by atoms with van der Waals surface area (Å²) in [6.45, 7) is -0.211. The van der Waals surface area contributed by atoms with Gasteiger partial charge in [-0.05, 0) is 68.8 Å². The minimum Gasteiger partial charge on any atom is -0.465 e. The number of allylic oxidation sites excluding steroid dienone is 1. The molecule has 4 amide bonds. The second kappa shape index (κ2) is 12.7. The first-order chi connectivity index (χ1) is 22.3. The first-order valence-electron chi connectivity index (χ1n) is 16.0. The fraction of sp³-hybridized carbons (Fsp3) is 0.581. The molecule has 47 heavy (non-hydrogen) atoms. The Bertz CT molecular complexity index is 1640. The molecule has 5 aliphatic rings. The highest BCUT2D eigenvalue weighted by Crippen LogP contribution is 2.48. The largest absolute Gasteiger partial charge is 0.465 e. The molecule has 6 N–H and O–H groups in total. The molecular weight excluding hydrogens is 652 g/mol. The number of nitrogens with zero attached hydrogens (tertiary/aromatic N) is 2. The van der Waals surface area contributed by atoms with Crippen molar-refractivity contribution in [2.24, 2.45) is 17.6 Å². The zero-order valence-corrected chi connectivity index (χ0v) is 27.3. The molecule has 0 radical (unpaired) electrons. The standard InChI is InChI=1S/C31H39FN6O7S2/c32-22-9-6-8-20-21(22)16-38(30(42)43)25(20)17-13-24-26(39)35-31(28(41)36-47(44,45)19-11-12-19)14-18(31)7-4-2-1-3-5-10-23(34-29(33)46)27(40)37(24)15-17/h4,6-9,17-19,23-25H,1-3,5,10-16H2,(H,35,39)(H,36,41)(H,42,43)(H3,33,34,46)/t17-,18-,23+,24+,25?,31-/m1/s1. The van der Waals surface area contributed by atoms with Gasteiger partial charge in [0.1, 0.15) is 23.4 Å². The Morgan fingerprint density at radius 2 is 1.91 bits per heavy atom. The van der Waals surface area contributed by atoms with E-state index in [2.05, 4.69) is 15.4 Å². The summed E-state index contributed by atoms with van der Waals surface area (Å²) in [5, 5.41) is 15.0. The highest BCUT2D eigenvalue weighted by molar-refractivity contribution is 7.91. The van der Waals surface area contributed by atoms with Gasteiger partial charge in [0.2, 0.25) is 21.8 Å². The number of carbonyl (C=O) groups is 4. The van der Waals surface area contributed by atoms with Crippen LogP contribution >= 0.6 is 12.2 Å². The number of sulfonamides is 1. The Hall–Kier alpha value is -3.79. The van der Waals surface area contributed by atoms with Gasteiger partial charge in [-0.25, -0.2) is 17.6 Å². The van der Waals surface area contributed by atoms with E-state index in [1.54, 1.807) is 6.07 Å². The lowest BCUT2D eigenvalue weighted by atomic mass is 9.90. The van der Waals surface area contributed by atoms with Gasteiger partial charge in [-0.1, -0.05) is 37.1 Å². The molecular formula is C31H39FN6O7S2. The third kappa shape index (κ3) is 6.53. The second-order valence-corrected chi connectivity index (χ2v) is 15.6. The quantitative estimate of drug-likeness (QED) is 0.225. The summed E-state index contributed by atoms with van der Waals surface area (Å²) in [5.74, 6) is -3.55. The molecule has 16 heteroatoms. The van der Waals surface area contributed by atoms with Crippen molar-refractivity contribution in [3.8, 4) is 0 Å². The van der Waals surface area contributed by atoms with Gasteiger partial charge in [-0.15, -0.1) is 0 Å². The van der Waals surface area contributed by atoms with Gasteiger partial charge in [0, 0.05) is 23.9 Å². The number of carboxylic acid groups (broad SMARTS) is 1. The molecule has 0 spiro atoms. The number of thiocarbonyl (C=S) groups is 1. The predicted molar refractivity (Wildman–Crippen MR) is 171 cm³/mol. The predicted octanol–water partition coefficient (Wildman–Crippen LogP) is 1.78. The number of nitrogens with one attached hydrogen (secondary N) is 3. The van der Waals surface area contributed by atoms with Crippen LogP contribution in [-0.2, 0) is 31.0 Å². The van der Waals surface area contributed by atoms with Crippen LogP contribution in [0, 0.1) is 17.7 Å². The number of carbonyl (C=O) groups excluding carboxylic acids is 3. The van der Waals surface area contributed by atoms with E-state index in [0.29, 0.717) is 37.7 Å². The topological polar surface area (TPSA) is 191 Å². The van der Waals surface area contributed by atoms with Crippen molar-refractivity contribution in [3.05, 3.63) is 47.3 Å². The fourth-order valence-corrected chi connectivity index (χ4v) is 8.89. The first-order valence-corrected chi connectivity index (χ1v) is 18.0. The third-order valence-corrected chi connectivity index (χ3v) is 12.0. The third-order valence-electron chi connectivity index (χ3n) is 10.1. The van der Waals surface area contributed by atoms with Crippen molar-refractivity contribution in [3.63, 3.8) is 0 Å². The average Bonchev–Trinajstić information content (AvgIpc) is 3.89. The number of nitrogens with two attached hydrogens (primary N) is 1.